The third kappa shape index (κ3) is 3.86. The molecule has 6 heteroatoms. The fraction of sp³-hybridized carbons (Fsp3) is 0.571. The van der Waals surface area contributed by atoms with Gasteiger partial charge in [-0.1, -0.05) is 19.8 Å². The Morgan fingerprint density at radius 3 is 2.30 bits per heavy atom. The summed E-state index contributed by atoms with van der Waals surface area (Å²) >= 11 is 0. The molecule has 0 radical (unpaired) electrons. The second-order valence-electron chi connectivity index (χ2n) is 4.55. The van der Waals surface area contributed by atoms with Gasteiger partial charge in [0, 0.05) is 19.7 Å². The van der Waals surface area contributed by atoms with Crippen molar-refractivity contribution in [2.75, 3.05) is 27.8 Å². The Labute approximate surface area is 121 Å². The highest BCUT2D eigenvalue weighted by atomic mass is 32.2. The normalized spacial score (nSPS) is 11.7. The minimum atomic E-state index is -3.48. The molecule has 0 amide bonds. The Hall–Kier alpha value is -1.27. The number of unbranched alkanes of at least 4 members (excludes halogenated alkanes) is 2. The minimum absolute atomic E-state index is 0.217. The Morgan fingerprint density at radius 1 is 1.10 bits per heavy atom. The highest BCUT2D eigenvalue weighted by Crippen LogP contribution is 2.30. The van der Waals surface area contributed by atoms with Gasteiger partial charge in [-0.2, -0.15) is 0 Å². The van der Waals surface area contributed by atoms with Gasteiger partial charge < -0.3 is 9.47 Å². The average molecular weight is 301 g/mol. The van der Waals surface area contributed by atoms with Gasteiger partial charge in [0.2, 0.25) is 10.0 Å². The van der Waals surface area contributed by atoms with Crippen LogP contribution in [0.4, 0.5) is 0 Å². The van der Waals surface area contributed by atoms with Crippen LogP contribution in [0.2, 0.25) is 0 Å². The van der Waals surface area contributed by atoms with E-state index in [1.165, 1.54) is 30.7 Å². The summed E-state index contributed by atoms with van der Waals surface area (Å²) in [5.74, 6) is 0.926. The lowest BCUT2D eigenvalue weighted by Gasteiger charge is -2.18. The molecule has 1 rings (SSSR count). The van der Waals surface area contributed by atoms with Crippen LogP contribution in [0.1, 0.15) is 26.2 Å². The molecule has 0 aliphatic rings. The van der Waals surface area contributed by atoms with Crippen molar-refractivity contribution >= 4 is 10.0 Å². The third-order valence-corrected chi connectivity index (χ3v) is 4.99. The first-order valence-electron chi connectivity index (χ1n) is 6.65. The zero-order valence-electron chi connectivity index (χ0n) is 12.5. The molecule has 0 unspecified atom stereocenters. The van der Waals surface area contributed by atoms with Crippen LogP contribution in [-0.4, -0.2) is 40.5 Å². The molecule has 0 aliphatic heterocycles. The molecule has 0 fully saturated rings. The van der Waals surface area contributed by atoms with E-state index < -0.39 is 10.0 Å². The van der Waals surface area contributed by atoms with Crippen LogP contribution in [0.15, 0.2) is 23.1 Å². The second-order valence-corrected chi connectivity index (χ2v) is 6.60. The van der Waals surface area contributed by atoms with E-state index in [1.54, 1.807) is 13.1 Å². The molecule has 0 saturated carbocycles. The predicted octanol–water partition coefficient (Wildman–Crippen LogP) is 2.51. The molecule has 0 saturated heterocycles. The first kappa shape index (κ1) is 16.8. The number of hydrogen-bond acceptors (Lipinski definition) is 4. The summed E-state index contributed by atoms with van der Waals surface area (Å²) in [4.78, 5) is 0.217. The number of hydrogen-bond donors (Lipinski definition) is 0. The van der Waals surface area contributed by atoms with Crippen LogP contribution in [0.25, 0.3) is 0 Å². The van der Waals surface area contributed by atoms with Crippen molar-refractivity contribution < 1.29 is 17.9 Å². The van der Waals surface area contributed by atoms with E-state index >= 15 is 0 Å². The quantitative estimate of drug-likeness (QED) is 0.692. The van der Waals surface area contributed by atoms with E-state index in [9.17, 15) is 8.42 Å². The summed E-state index contributed by atoms with van der Waals surface area (Å²) in [5.41, 5.74) is 0. The number of rotatable bonds is 8. The summed E-state index contributed by atoms with van der Waals surface area (Å²) < 4.78 is 36.5. The monoisotopic (exact) mass is 301 g/mol. The van der Waals surface area contributed by atoms with E-state index in [4.69, 9.17) is 9.47 Å². The summed E-state index contributed by atoms with van der Waals surface area (Å²) in [5, 5.41) is 0. The van der Waals surface area contributed by atoms with E-state index in [1.807, 2.05) is 0 Å². The molecule has 0 bridgehead atoms. The zero-order chi connectivity index (χ0) is 15.2. The standard InChI is InChI=1S/C14H23NO4S/c1-5-6-7-10-15(2)20(16,17)12-8-9-13(18-3)14(11-12)19-4/h8-9,11H,5-7,10H2,1-4H3. The predicted molar refractivity (Wildman–Crippen MR) is 78.9 cm³/mol. The van der Waals surface area contributed by atoms with Crippen LogP contribution >= 0.6 is 0 Å². The van der Waals surface area contributed by atoms with E-state index in [0.717, 1.165) is 19.3 Å². The van der Waals surface area contributed by atoms with Crippen LogP contribution in [0, 0.1) is 0 Å². The average Bonchev–Trinajstić information content (AvgIpc) is 2.46. The minimum Gasteiger partial charge on any atom is -0.493 e. The molecule has 1 aromatic carbocycles. The molecule has 0 atom stereocenters. The molecule has 0 N–H and O–H groups in total. The van der Waals surface area contributed by atoms with Crippen LogP contribution < -0.4 is 9.47 Å². The third-order valence-electron chi connectivity index (χ3n) is 3.14. The van der Waals surface area contributed by atoms with Gasteiger partial charge in [-0.25, -0.2) is 12.7 Å². The summed E-state index contributed by atoms with van der Waals surface area (Å²) in [6, 6.07) is 4.63. The molecule has 5 nitrogen and oxygen atoms in total. The lowest BCUT2D eigenvalue weighted by Crippen LogP contribution is -2.28. The smallest absolute Gasteiger partial charge is 0.242 e. The molecule has 1 aromatic rings. The topological polar surface area (TPSA) is 55.8 Å². The summed E-state index contributed by atoms with van der Waals surface area (Å²) in [6.07, 6.45) is 2.94. The van der Waals surface area contributed by atoms with E-state index in [0.29, 0.717) is 18.0 Å². The summed E-state index contributed by atoms with van der Waals surface area (Å²) in [6.45, 7) is 2.60. The number of sulfonamides is 1. The van der Waals surface area contributed by atoms with Crippen molar-refractivity contribution in [2.24, 2.45) is 0 Å². The van der Waals surface area contributed by atoms with Gasteiger partial charge in [-0.05, 0) is 18.6 Å². The molecule has 114 valence electrons. The van der Waals surface area contributed by atoms with Gasteiger partial charge in [-0.3, -0.25) is 0 Å². The second kappa shape index (κ2) is 7.50. The number of benzene rings is 1. The lowest BCUT2D eigenvalue weighted by atomic mass is 10.2. The molecule has 0 aromatic heterocycles. The fourth-order valence-electron chi connectivity index (χ4n) is 1.86. The maximum absolute atomic E-state index is 12.4. The first-order valence-corrected chi connectivity index (χ1v) is 8.09. The van der Waals surface area contributed by atoms with Crippen LogP contribution in [0.5, 0.6) is 11.5 Å². The van der Waals surface area contributed by atoms with Crippen molar-refractivity contribution in [1.29, 1.82) is 0 Å². The SMILES string of the molecule is CCCCCN(C)S(=O)(=O)c1ccc(OC)c(OC)c1. The largest absolute Gasteiger partial charge is 0.493 e. The van der Waals surface area contributed by atoms with Gasteiger partial charge in [0.25, 0.3) is 0 Å². The van der Waals surface area contributed by atoms with Gasteiger partial charge in [0.1, 0.15) is 0 Å². The molecule has 0 spiro atoms. The molecule has 0 heterocycles. The Balaban J connectivity index is 2.97. The lowest BCUT2D eigenvalue weighted by molar-refractivity contribution is 0.353. The van der Waals surface area contributed by atoms with Gasteiger partial charge in [0.15, 0.2) is 11.5 Å². The maximum atomic E-state index is 12.4. The highest BCUT2D eigenvalue weighted by molar-refractivity contribution is 7.89. The highest BCUT2D eigenvalue weighted by Gasteiger charge is 2.21. The number of ether oxygens (including phenoxy) is 2. The van der Waals surface area contributed by atoms with Crippen LogP contribution in [-0.2, 0) is 10.0 Å². The fourth-order valence-corrected chi connectivity index (χ4v) is 3.09. The van der Waals surface area contributed by atoms with Crippen molar-refractivity contribution in [3.8, 4) is 11.5 Å². The van der Waals surface area contributed by atoms with Crippen molar-refractivity contribution in [3.05, 3.63) is 18.2 Å². The Morgan fingerprint density at radius 2 is 1.75 bits per heavy atom. The van der Waals surface area contributed by atoms with Gasteiger partial charge >= 0.3 is 0 Å². The van der Waals surface area contributed by atoms with Crippen molar-refractivity contribution in [3.63, 3.8) is 0 Å². The first-order chi connectivity index (χ1) is 9.47. The number of methoxy groups -OCH3 is 2. The summed E-state index contributed by atoms with van der Waals surface area (Å²) in [7, 11) is 1.12. The zero-order valence-corrected chi connectivity index (χ0v) is 13.4. The molecular weight excluding hydrogens is 278 g/mol. The Kier molecular flexibility index (Phi) is 6.29. The number of nitrogens with zero attached hydrogens (tertiary/aromatic N) is 1. The maximum Gasteiger partial charge on any atom is 0.242 e. The molecular formula is C14H23NO4S. The van der Waals surface area contributed by atoms with E-state index in [2.05, 4.69) is 6.92 Å². The molecule has 0 aliphatic carbocycles. The van der Waals surface area contributed by atoms with E-state index in [-0.39, 0.29) is 4.90 Å². The Bertz CT molecular complexity index is 528. The van der Waals surface area contributed by atoms with Gasteiger partial charge in [0.05, 0.1) is 19.1 Å². The van der Waals surface area contributed by atoms with Crippen LogP contribution in [0.3, 0.4) is 0 Å². The van der Waals surface area contributed by atoms with Gasteiger partial charge in [-0.15, -0.1) is 0 Å². The van der Waals surface area contributed by atoms with Crippen molar-refractivity contribution in [2.45, 2.75) is 31.1 Å². The molecule has 20 heavy (non-hydrogen) atoms. The van der Waals surface area contributed by atoms with Crippen molar-refractivity contribution in [1.82, 2.24) is 4.31 Å².